The first-order valence-corrected chi connectivity index (χ1v) is 7.26. The van der Waals surface area contributed by atoms with Gasteiger partial charge >= 0.3 is 0 Å². The Morgan fingerprint density at radius 3 is 2.19 bits per heavy atom. The van der Waals surface area contributed by atoms with Gasteiger partial charge < -0.3 is 10.6 Å². The van der Waals surface area contributed by atoms with E-state index in [2.05, 4.69) is 24.5 Å². The minimum Gasteiger partial charge on any atom is -0.315 e. The Hall–Kier alpha value is -0.0800. The molecule has 96 valence electrons. The molecule has 0 spiro atoms. The van der Waals surface area contributed by atoms with Crippen LogP contribution in [0.2, 0.25) is 0 Å². The molecule has 2 nitrogen and oxygen atoms in total. The van der Waals surface area contributed by atoms with Crippen molar-refractivity contribution in [3.63, 3.8) is 0 Å². The molecule has 2 heteroatoms. The van der Waals surface area contributed by atoms with Crippen LogP contribution in [0.25, 0.3) is 0 Å². The maximum atomic E-state index is 3.68. The lowest BCUT2D eigenvalue weighted by molar-refractivity contribution is 0.492. The van der Waals surface area contributed by atoms with Crippen LogP contribution in [-0.4, -0.2) is 25.2 Å². The van der Waals surface area contributed by atoms with Crippen molar-refractivity contribution < 1.29 is 0 Å². The molecule has 0 unspecified atom stereocenters. The molecule has 0 aromatic rings. The molecule has 1 aliphatic carbocycles. The monoisotopic (exact) mass is 226 g/mol. The van der Waals surface area contributed by atoms with E-state index in [1.807, 2.05) is 0 Å². The van der Waals surface area contributed by atoms with Crippen LogP contribution in [-0.2, 0) is 0 Å². The molecular formula is C14H30N2. The number of rotatable bonds is 9. The fourth-order valence-electron chi connectivity index (χ4n) is 2.43. The lowest BCUT2D eigenvalue weighted by Gasteiger charge is -2.11. The highest BCUT2D eigenvalue weighted by atomic mass is 14.9. The average molecular weight is 226 g/mol. The van der Waals surface area contributed by atoms with Gasteiger partial charge in [0, 0.05) is 12.1 Å². The summed E-state index contributed by atoms with van der Waals surface area (Å²) in [5.41, 5.74) is 0. The Balaban J connectivity index is 1.74. The van der Waals surface area contributed by atoms with E-state index < -0.39 is 0 Å². The van der Waals surface area contributed by atoms with Crippen molar-refractivity contribution in [1.29, 1.82) is 0 Å². The molecule has 1 rings (SSSR count). The minimum atomic E-state index is 0.643. The van der Waals surface area contributed by atoms with Crippen LogP contribution in [0.3, 0.4) is 0 Å². The predicted molar refractivity (Wildman–Crippen MR) is 71.9 cm³/mol. The number of unbranched alkanes of at least 4 members (excludes halogenated alkanes) is 3. The second kappa shape index (κ2) is 9.00. The molecule has 1 aliphatic rings. The Morgan fingerprint density at radius 1 is 0.938 bits per heavy atom. The summed E-state index contributed by atoms with van der Waals surface area (Å²) in [6.07, 6.45) is 11.2. The van der Waals surface area contributed by atoms with Crippen molar-refractivity contribution in [1.82, 2.24) is 10.6 Å². The second-order valence-corrected chi connectivity index (χ2v) is 5.46. The third-order valence-electron chi connectivity index (χ3n) is 3.44. The summed E-state index contributed by atoms with van der Waals surface area (Å²) >= 11 is 0. The van der Waals surface area contributed by atoms with Gasteiger partial charge in [0.1, 0.15) is 0 Å². The van der Waals surface area contributed by atoms with Gasteiger partial charge in [-0.1, -0.05) is 39.5 Å². The summed E-state index contributed by atoms with van der Waals surface area (Å²) in [6.45, 7) is 6.85. The van der Waals surface area contributed by atoms with Gasteiger partial charge in [-0.15, -0.1) is 0 Å². The highest BCUT2D eigenvalue weighted by Crippen LogP contribution is 2.17. The lowest BCUT2D eigenvalue weighted by atomic mass is 10.1. The summed E-state index contributed by atoms with van der Waals surface area (Å²) in [5.74, 6) is 0. The van der Waals surface area contributed by atoms with E-state index >= 15 is 0 Å². The van der Waals surface area contributed by atoms with Gasteiger partial charge in [-0.05, 0) is 38.8 Å². The third kappa shape index (κ3) is 7.24. The molecule has 16 heavy (non-hydrogen) atoms. The first-order chi connectivity index (χ1) is 7.79. The normalized spacial score (nSPS) is 17.4. The SMILES string of the molecule is CC(C)NCCCCCCNC1CCCC1. The quantitative estimate of drug-likeness (QED) is 0.590. The Bertz CT molecular complexity index is 151. The topological polar surface area (TPSA) is 24.1 Å². The minimum absolute atomic E-state index is 0.643. The van der Waals surface area contributed by atoms with Crippen LogP contribution in [0.5, 0.6) is 0 Å². The van der Waals surface area contributed by atoms with Crippen LogP contribution in [0, 0.1) is 0 Å². The van der Waals surface area contributed by atoms with E-state index in [0.29, 0.717) is 6.04 Å². The van der Waals surface area contributed by atoms with Crippen LogP contribution in [0.4, 0.5) is 0 Å². The van der Waals surface area contributed by atoms with Crippen molar-refractivity contribution in [2.24, 2.45) is 0 Å². The zero-order valence-electron chi connectivity index (χ0n) is 11.2. The van der Waals surface area contributed by atoms with Crippen molar-refractivity contribution in [3.8, 4) is 0 Å². The van der Waals surface area contributed by atoms with Gasteiger partial charge in [0.2, 0.25) is 0 Å². The summed E-state index contributed by atoms with van der Waals surface area (Å²) in [5, 5.41) is 7.14. The summed E-state index contributed by atoms with van der Waals surface area (Å²) in [6, 6.07) is 1.49. The number of nitrogens with one attached hydrogen (secondary N) is 2. The second-order valence-electron chi connectivity index (χ2n) is 5.46. The van der Waals surface area contributed by atoms with E-state index in [9.17, 15) is 0 Å². The molecule has 0 amide bonds. The van der Waals surface area contributed by atoms with Crippen molar-refractivity contribution >= 4 is 0 Å². The van der Waals surface area contributed by atoms with Gasteiger partial charge in [-0.2, -0.15) is 0 Å². The van der Waals surface area contributed by atoms with Gasteiger partial charge in [-0.3, -0.25) is 0 Å². The van der Waals surface area contributed by atoms with Crippen LogP contribution in [0.1, 0.15) is 65.2 Å². The average Bonchev–Trinajstić information content (AvgIpc) is 2.74. The molecule has 2 N–H and O–H groups in total. The smallest absolute Gasteiger partial charge is 0.00670 e. The van der Waals surface area contributed by atoms with E-state index in [1.54, 1.807) is 0 Å². The summed E-state index contributed by atoms with van der Waals surface area (Å²) in [4.78, 5) is 0. The van der Waals surface area contributed by atoms with Gasteiger partial charge in [0.25, 0.3) is 0 Å². The Morgan fingerprint density at radius 2 is 1.56 bits per heavy atom. The highest BCUT2D eigenvalue weighted by Gasteiger charge is 2.12. The molecule has 0 bridgehead atoms. The van der Waals surface area contributed by atoms with Crippen LogP contribution in [0.15, 0.2) is 0 Å². The maximum absolute atomic E-state index is 3.68. The van der Waals surface area contributed by atoms with E-state index in [1.165, 1.54) is 64.5 Å². The van der Waals surface area contributed by atoms with Gasteiger partial charge in [0.15, 0.2) is 0 Å². The molecule has 0 aromatic heterocycles. The van der Waals surface area contributed by atoms with E-state index in [4.69, 9.17) is 0 Å². The highest BCUT2D eigenvalue weighted by molar-refractivity contribution is 4.73. The summed E-state index contributed by atoms with van der Waals surface area (Å²) < 4.78 is 0. The van der Waals surface area contributed by atoms with Gasteiger partial charge in [-0.25, -0.2) is 0 Å². The molecule has 0 atom stereocenters. The van der Waals surface area contributed by atoms with Crippen molar-refractivity contribution in [2.45, 2.75) is 77.3 Å². The van der Waals surface area contributed by atoms with Crippen molar-refractivity contribution in [3.05, 3.63) is 0 Å². The van der Waals surface area contributed by atoms with E-state index in [-0.39, 0.29) is 0 Å². The zero-order valence-corrected chi connectivity index (χ0v) is 11.2. The fourth-order valence-corrected chi connectivity index (χ4v) is 2.43. The van der Waals surface area contributed by atoms with Gasteiger partial charge in [0.05, 0.1) is 0 Å². The third-order valence-corrected chi connectivity index (χ3v) is 3.44. The van der Waals surface area contributed by atoms with Crippen LogP contribution >= 0.6 is 0 Å². The largest absolute Gasteiger partial charge is 0.315 e. The van der Waals surface area contributed by atoms with Crippen molar-refractivity contribution in [2.75, 3.05) is 13.1 Å². The standard InChI is InChI=1S/C14H30N2/c1-13(2)15-11-7-3-4-8-12-16-14-9-5-6-10-14/h13-16H,3-12H2,1-2H3. The molecule has 0 aromatic carbocycles. The van der Waals surface area contributed by atoms with Crippen LogP contribution < -0.4 is 10.6 Å². The molecule has 0 heterocycles. The molecule has 1 fully saturated rings. The molecule has 1 saturated carbocycles. The predicted octanol–water partition coefficient (Wildman–Crippen LogP) is 3.08. The fraction of sp³-hybridized carbons (Fsp3) is 1.00. The number of hydrogen-bond acceptors (Lipinski definition) is 2. The zero-order chi connectivity index (χ0) is 11.6. The maximum Gasteiger partial charge on any atom is 0.00670 e. The number of hydrogen-bond donors (Lipinski definition) is 2. The first-order valence-electron chi connectivity index (χ1n) is 7.26. The summed E-state index contributed by atoms with van der Waals surface area (Å²) in [7, 11) is 0. The Labute approximate surface area is 102 Å². The lowest BCUT2D eigenvalue weighted by Crippen LogP contribution is -2.26. The Kier molecular flexibility index (Phi) is 7.87. The molecule has 0 saturated heterocycles. The molecule has 0 radical (unpaired) electrons. The van der Waals surface area contributed by atoms with E-state index in [0.717, 1.165) is 6.04 Å². The molecular weight excluding hydrogens is 196 g/mol. The molecule has 0 aliphatic heterocycles. The first kappa shape index (κ1) is 14.0.